The van der Waals surface area contributed by atoms with Gasteiger partial charge in [-0.2, -0.15) is 0 Å². The topological polar surface area (TPSA) is 69.9 Å². The van der Waals surface area contributed by atoms with Gasteiger partial charge in [-0.05, 0) is 94.2 Å². The van der Waals surface area contributed by atoms with Crippen molar-refractivity contribution in [1.29, 1.82) is 0 Å². The number of aryl methyl sites for hydroxylation is 1. The number of hydrogen-bond donors (Lipinski definition) is 0. The van der Waals surface area contributed by atoms with E-state index in [1.807, 2.05) is 79.7 Å². The predicted molar refractivity (Wildman–Crippen MR) is 169 cm³/mol. The van der Waals surface area contributed by atoms with Gasteiger partial charge < -0.3 is 9.47 Å². The maximum Gasteiger partial charge on any atom is 0.338 e. The van der Waals surface area contributed by atoms with Crippen molar-refractivity contribution in [3.63, 3.8) is 0 Å². The summed E-state index contributed by atoms with van der Waals surface area (Å²) in [5, 5.41) is 0. The molecule has 0 radical (unpaired) electrons. The van der Waals surface area contributed by atoms with E-state index >= 15 is 0 Å². The molecule has 0 unspecified atom stereocenters. The van der Waals surface area contributed by atoms with Crippen LogP contribution in [0, 0.1) is 10.5 Å². The summed E-state index contributed by atoms with van der Waals surface area (Å²) in [4.78, 5) is 32.1. The molecule has 0 spiro atoms. The van der Waals surface area contributed by atoms with Crippen LogP contribution in [0.3, 0.4) is 0 Å². The van der Waals surface area contributed by atoms with Crippen molar-refractivity contribution in [3.8, 4) is 5.75 Å². The average Bonchev–Trinajstić information content (AvgIpc) is 3.22. The van der Waals surface area contributed by atoms with E-state index in [1.165, 1.54) is 11.3 Å². The Labute approximate surface area is 258 Å². The van der Waals surface area contributed by atoms with Gasteiger partial charge >= 0.3 is 5.97 Å². The summed E-state index contributed by atoms with van der Waals surface area (Å²) in [6, 6.07) is 21.1. The van der Waals surface area contributed by atoms with Crippen molar-refractivity contribution in [2.75, 3.05) is 6.61 Å². The van der Waals surface area contributed by atoms with E-state index in [1.54, 1.807) is 18.4 Å². The summed E-state index contributed by atoms with van der Waals surface area (Å²) >= 11 is 7.20. The largest absolute Gasteiger partial charge is 0.487 e. The predicted octanol–water partition coefficient (Wildman–Crippen LogP) is 6.05. The fourth-order valence-electron chi connectivity index (χ4n) is 4.54. The highest BCUT2D eigenvalue weighted by Crippen LogP contribution is 2.33. The third-order valence-electron chi connectivity index (χ3n) is 6.45. The number of halogens is 2. The van der Waals surface area contributed by atoms with Crippen molar-refractivity contribution in [2.24, 2.45) is 4.99 Å². The zero-order valence-electron chi connectivity index (χ0n) is 22.1. The number of nitrogens with zero attached hydrogens (tertiary/aromatic N) is 2. The number of aromatic nitrogens is 1. The average molecular weight is 729 g/mol. The van der Waals surface area contributed by atoms with Crippen LogP contribution >= 0.6 is 49.9 Å². The summed E-state index contributed by atoms with van der Waals surface area (Å²) in [6.45, 7) is 6.24. The van der Waals surface area contributed by atoms with E-state index in [4.69, 9.17) is 9.47 Å². The summed E-state index contributed by atoms with van der Waals surface area (Å²) < 4.78 is 15.3. The van der Waals surface area contributed by atoms with Crippen molar-refractivity contribution >= 4 is 61.9 Å². The Balaban J connectivity index is 1.56. The third kappa shape index (κ3) is 5.87. The lowest BCUT2D eigenvalue weighted by atomic mass is 9.95. The maximum atomic E-state index is 13.9. The van der Waals surface area contributed by atoms with E-state index < -0.39 is 12.0 Å². The Morgan fingerprint density at radius 1 is 1.12 bits per heavy atom. The van der Waals surface area contributed by atoms with Crippen molar-refractivity contribution < 1.29 is 14.3 Å². The second-order valence-corrected chi connectivity index (χ2v) is 12.3. The maximum absolute atomic E-state index is 13.9. The second-order valence-electron chi connectivity index (χ2n) is 9.30. The zero-order valence-corrected chi connectivity index (χ0v) is 26.7. The number of benzene rings is 3. The molecule has 2 heterocycles. The standard InChI is InChI=1S/C31H26BrIN2O4S/c1-4-38-30(37)26-19(3)34-31-35(27(26)22-12-10-18(2)11-13-22)29(36)25(40-31)16-21-14-23(32)28(24(33)15-21)39-17-20-8-6-5-7-9-20/h5-16,27H,4,17H2,1-3H3/b25-16+/t27-/m1/s1. The van der Waals surface area contributed by atoms with Crippen LogP contribution < -0.4 is 19.6 Å². The van der Waals surface area contributed by atoms with E-state index in [9.17, 15) is 9.59 Å². The number of ether oxygens (including phenoxy) is 2. The minimum Gasteiger partial charge on any atom is -0.487 e. The smallest absolute Gasteiger partial charge is 0.338 e. The molecule has 6 nitrogen and oxygen atoms in total. The molecule has 0 fully saturated rings. The first-order valence-electron chi connectivity index (χ1n) is 12.7. The van der Waals surface area contributed by atoms with Crippen LogP contribution in [0.4, 0.5) is 0 Å². The molecule has 1 aliphatic heterocycles. The lowest BCUT2D eigenvalue weighted by Crippen LogP contribution is -2.39. The molecule has 1 aromatic heterocycles. The number of fused-ring (bicyclic) bond motifs is 1. The number of carbonyl (C=O) groups is 1. The fourth-order valence-corrected chi connectivity index (χ4v) is 7.35. The number of hydrogen-bond acceptors (Lipinski definition) is 6. The van der Waals surface area contributed by atoms with Gasteiger partial charge in [0.05, 0.1) is 36.5 Å². The molecule has 1 aliphatic rings. The van der Waals surface area contributed by atoms with E-state index in [0.29, 0.717) is 27.2 Å². The highest BCUT2D eigenvalue weighted by molar-refractivity contribution is 14.1. The highest BCUT2D eigenvalue weighted by atomic mass is 127. The van der Waals surface area contributed by atoms with Crippen LogP contribution in [-0.2, 0) is 16.1 Å². The minimum absolute atomic E-state index is 0.209. The molecule has 0 aliphatic carbocycles. The van der Waals surface area contributed by atoms with Gasteiger partial charge in [-0.25, -0.2) is 9.79 Å². The van der Waals surface area contributed by atoms with Gasteiger partial charge in [0.15, 0.2) is 4.80 Å². The normalized spacial score (nSPS) is 15.0. The quantitative estimate of drug-likeness (QED) is 0.172. The molecule has 0 saturated carbocycles. The van der Waals surface area contributed by atoms with Crippen molar-refractivity contribution in [3.05, 3.63) is 128 Å². The summed E-state index contributed by atoms with van der Waals surface area (Å²) in [5.74, 6) is 0.283. The lowest BCUT2D eigenvalue weighted by molar-refractivity contribution is -0.139. The van der Waals surface area contributed by atoms with Gasteiger partial charge in [0.2, 0.25) is 0 Å². The van der Waals surface area contributed by atoms with Crippen LogP contribution in [0.25, 0.3) is 6.08 Å². The molecule has 0 bridgehead atoms. The van der Waals surface area contributed by atoms with Gasteiger partial charge in [-0.15, -0.1) is 0 Å². The van der Waals surface area contributed by atoms with Gasteiger partial charge in [0, 0.05) is 0 Å². The molecule has 1 atom stereocenters. The number of rotatable bonds is 7. The minimum atomic E-state index is -0.626. The molecule has 5 rings (SSSR count). The first-order valence-corrected chi connectivity index (χ1v) is 15.4. The molecule has 0 N–H and O–H groups in total. The lowest BCUT2D eigenvalue weighted by Gasteiger charge is -2.24. The van der Waals surface area contributed by atoms with Crippen LogP contribution in [0.5, 0.6) is 5.75 Å². The fraction of sp³-hybridized carbons (Fsp3) is 0.194. The van der Waals surface area contributed by atoms with Gasteiger partial charge in [-0.1, -0.05) is 71.5 Å². The monoisotopic (exact) mass is 728 g/mol. The van der Waals surface area contributed by atoms with Crippen LogP contribution in [-0.4, -0.2) is 17.1 Å². The third-order valence-corrected chi connectivity index (χ3v) is 8.83. The summed E-state index contributed by atoms with van der Waals surface area (Å²) in [6.07, 6.45) is 1.85. The van der Waals surface area contributed by atoms with Crippen molar-refractivity contribution in [2.45, 2.75) is 33.4 Å². The molecular weight excluding hydrogens is 703 g/mol. The Bertz CT molecular complexity index is 1770. The molecule has 204 valence electrons. The van der Waals surface area contributed by atoms with E-state index in [-0.39, 0.29) is 12.2 Å². The Hall–Kier alpha value is -3.02. The number of thiazole rings is 1. The molecule has 3 aromatic carbocycles. The summed E-state index contributed by atoms with van der Waals surface area (Å²) in [7, 11) is 0. The van der Waals surface area contributed by atoms with Gasteiger partial charge in [0.25, 0.3) is 5.56 Å². The van der Waals surface area contributed by atoms with Gasteiger partial charge in [0.1, 0.15) is 12.4 Å². The first-order chi connectivity index (χ1) is 19.3. The number of esters is 1. The van der Waals surface area contributed by atoms with Crippen LogP contribution in [0.1, 0.15) is 42.1 Å². The Morgan fingerprint density at radius 3 is 2.52 bits per heavy atom. The molecule has 40 heavy (non-hydrogen) atoms. The zero-order chi connectivity index (χ0) is 28.4. The molecule has 4 aromatic rings. The SMILES string of the molecule is CCOC(=O)C1=C(C)N=c2s/c(=C/c3cc(Br)c(OCc4ccccc4)c(I)c3)c(=O)n2[C@@H]1c1ccc(C)cc1. The van der Waals surface area contributed by atoms with Crippen molar-refractivity contribution in [1.82, 2.24) is 4.57 Å². The Kier molecular flexibility index (Phi) is 8.72. The van der Waals surface area contributed by atoms with E-state index in [0.717, 1.165) is 36.0 Å². The number of allylic oxidation sites excluding steroid dienone is 1. The Morgan fingerprint density at radius 2 is 1.85 bits per heavy atom. The second kappa shape index (κ2) is 12.2. The van der Waals surface area contributed by atoms with Crippen LogP contribution in [0.2, 0.25) is 0 Å². The molecule has 0 amide bonds. The van der Waals surface area contributed by atoms with Crippen LogP contribution in [0.15, 0.2) is 92.3 Å². The highest BCUT2D eigenvalue weighted by Gasteiger charge is 2.33. The number of carbonyl (C=O) groups excluding carboxylic acids is 1. The first kappa shape index (κ1) is 28.5. The molecular formula is C31H26BrIN2O4S. The summed E-state index contributed by atoms with van der Waals surface area (Å²) in [5.41, 5.74) is 4.56. The van der Waals surface area contributed by atoms with E-state index in [2.05, 4.69) is 43.5 Å². The molecule has 0 saturated heterocycles. The van der Waals surface area contributed by atoms with Gasteiger partial charge in [-0.3, -0.25) is 9.36 Å². The molecule has 9 heteroatoms.